The summed E-state index contributed by atoms with van der Waals surface area (Å²) in [5.74, 6) is -0.369. The lowest BCUT2D eigenvalue weighted by Crippen LogP contribution is -2.46. The average molecular weight is 367 g/mol. The second kappa shape index (κ2) is 8.31. The first-order valence-electron chi connectivity index (χ1n) is 8.24. The predicted octanol–water partition coefficient (Wildman–Crippen LogP) is 1.03. The highest BCUT2D eigenvalue weighted by Crippen LogP contribution is 2.13. The van der Waals surface area contributed by atoms with Crippen LogP contribution >= 0.6 is 12.4 Å². The van der Waals surface area contributed by atoms with Crippen molar-refractivity contribution in [3.05, 3.63) is 35.4 Å². The number of carbonyl (C=O) groups excluding carboxylic acids is 3. The summed E-state index contributed by atoms with van der Waals surface area (Å²) in [4.78, 5) is 36.9. The maximum Gasteiger partial charge on any atom is 0.324 e. The van der Waals surface area contributed by atoms with Crippen molar-refractivity contribution in [1.29, 1.82) is 0 Å². The van der Waals surface area contributed by atoms with Crippen LogP contribution in [-0.4, -0.2) is 47.9 Å². The van der Waals surface area contributed by atoms with Crippen LogP contribution in [0.25, 0.3) is 0 Å². The van der Waals surface area contributed by atoms with Gasteiger partial charge in [0.1, 0.15) is 0 Å². The van der Waals surface area contributed by atoms with Crippen LogP contribution in [0.4, 0.5) is 4.79 Å². The first-order valence-corrected chi connectivity index (χ1v) is 8.24. The van der Waals surface area contributed by atoms with Crippen LogP contribution in [-0.2, 0) is 11.3 Å². The Morgan fingerprint density at radius 3 is 2.84 bits per heavy atom. The van der Waals surface area contributed by atoms with Gasteiger partial charge in [0.2, 0.25) is 5.91 Å². The fourth-order valence-electron chi connectivity index (χ4n) is 3.14. The van der Waals surface area contributed by atoms with Crippen LogP contribution < -0.4 is 16.0 Å². The van der Waals surface area contributed by atoms with Gasteiger partial charge in [-0.25, -0.2) is 4.79 Å². The molecule has 0 spiro atoms. The first kappa shape index (κ1) is 19.2. The molecule has 1 aromatic carbocycles. The number of amides is 4. The van der Waals surface area contributed by atoms with E-state index in [9.17, 15) is 14.4 Å². The molecule has 2 aliphatic heterocycles. The van der Waals surface area contributed by atoms with Gasteiger partial charge in [-0.3, -0.25) is 14.5 Å². The predicted molar refractivity (Wildman–Crippen MR) is 95.6 cm³/mol. The lowest BCUT2D eigenvalue weighted by molar-refractivity contribution is -0.125. The van der Waals surface area contributed by atoms with Crippen LogP contribution in [0.2, 0.25) is 0 Å². The van der Waals surface area contributed by atoms with Crippen LogP contribution in [0.1, 0.15) is 35.7 Å². The van der Waals surface area contributed by atoms with Crippen LogP contribution in [0.15, 0.2) is 24.3 Å². The van der Waals surface area contributed by atoms with Gasteiger partial charge in [0.15, 0.2) is 0 Å². The van der Waals surface area contributed by atoms with Crippen molar-refractivity contribution in [2.24, 2.45) is 0 Å². The highest BCUT2D eigenvalue weighted by atomic mass is 35.5. The minimum atomic E-state index is -0.390. The molecule has 2 saturated heterocycles. The molecule has 25 heavy (non-hydrogen) atoms. The van der Waals surface area contributed by atoms with Crippen LogP contribution in [0.3, 0.4) is 0 Å². The van der Waals surface area contributed by atoms with E-state index < -0.39 is 6.03 Å². The Balaban J connectivity index is 0.00000225. The summed E-state index contributed by atoms with van der Waals surface area (Å²) in [5.41, 5.74) is 1.30. The maximum atomic E-state index is 12.4. The number of hydrogen-bond donors (Lipinski definition) is 3. The van der Waals surface area contributed by atoms with Crippen molar-refractivity contribution in [2.75, 3.05) is 13.1 Å². The Morgan fingerprint density at radius 1 is 1.36 bits per heavy atom. The fraction of sp³-hybridized carbons (Fsp3) is 0.471. The zero-order valence-corrected chi connectivity index (χ0v) is 14.9. The Morgan fingerprint density at radius 2 is 2.16 bits per heavy atom. The molecule has 0 aliphatic carbocycles. The number of carbonyl (C=O) groups is 3. The Bertz CT molecular complexity index is 651. The largest absolute Gasteiger partial charge is 0.349 e. The van der Waals surface area contributed by atoms with E-state index in [1.807, 2.05) is 6.07 Å². The normalized spacial score (nSPS) is 23.0. The molecule has 0 bridgehead atoms. The van der Waals surface area contributed by atoms with Crippen molar-refractivity contribution in [3.63, 3.8) is 0 Å². The van der Waals surface area contributed by atoms with Gasteiger partial charge in [0, 0.05) is 17.6 Å². The lowest BCUT2D eigenvalue weighted by Gasteiger charge is -2.28. The third kappa shape index (κ3) is 4.70. The molecule has 2 heterocycles. The molecule has 0 radical (unpaired) electrons. The summed E-state index contributed by atoms with van der Waals surface area (Å²) in [6.07, 6.45) is 1.83. The number of hydrogen-bond acceptors (Lipinski definition) is 4. The van der Waals surface area contributed by atoms with Gasteiger partial charge in [-0.1, -0.05) is 12.1 Å². The molecule has 0 saturated carbocycles. The fourth-order valence-corrected chi connectivity index (χ4v) is 3.14. The zero-order chi connectivity index (χ0) is 17.1. The number of nitrogens with zero attached hydrogens (tertiary/aromatic N) is 1. The quantitative estimate of drug-likeness (QED) is 0.694. The molecule has 3 N–H and O–H groups in total. The van der Waals surface area contributed by atoms with Gasteiger partial charge >= 0.3 is 6.03 Å². The third-order valence-electron chi connectivity index (χ3n) is 4.43. The Labute approximate surface area is 152 Å². The Hall–Kier alpha value is -2.12. The first-order chi connectivity index (χ1) is 11.5. The highest BCUT2D eigenvalue weighted by Gasteiger charge is 2.28. The molecule has 1 aromatic rings. The summed E-state index contributed by atoms with van der Waals surface area (Å²) in [5, 5.41) is 8.91. The molecule has 2 atom stereocenters. The third-order valence-corrected chi connectivity index (χ3v) is 4.43. The molecular formula is C17H23ClN4O3. The molecule has 0 aromatic heterocycles. The van der Waals surface area contributed by atoms with Crippen LogP contribution in [0.5, 0.6) is 0 Å². The number of benzene rings is 1. The van der Waals surface area contributed by atoms with Gasteiger partial charge in [-0.15, -0.1) is 12.4 Å². The number of piperidine rings is 1. The number of imide groups is 1. The average Bonchev–Trinajstić information content (AvgIpc) is 2.87. The van der Waals surface area contributed by atoms with E-state index in [2.05, 4.69) is 22.9 Å². The van der Waals surface area contributed by atoms with Crippen molar-refractivity contribution < 1.29 is 14.4 Å². The van der Waals surface area contributed by atoms with Gasteiger partial charge in [-0.2, -0.15) is 0 Å². The molecule has 2 fully saturated rings. The number of urea groups is 1. The minimum absolute atomic E-state index is 0. The van der Waals surface area contributed by atoms with Crippen molar-refractivity contribution in [3.8, 4) is 0 Å². The van der Waals surface area contributed by atoms with Crippen molar-refractivity contribution in [2.45, 2.75) is 38.4 Å². The number of rotatable bonds is 4. The summed E-state index contributed by atoms with van der Waals surface area (Å²) in [6.45, 7) is 3.22. The van der Waals surface area contributed by atoms with Crippen LogP contribution in [0, 0.1) is 0 Å². The molecular weight excluding hydrogens is 344 g/mol. The lowest BCUT2D eigenvalue weighted by atomic mass is 10.00. The smallest absolute Gasteiger partial charge is 0.324 e. The molecule has 4 amide bonds. The zero-order valence-electron chi connectivity index (χ0n) is 14.1. The summed E-state index contributed by atoms with van der Waals surface area (Å²) in [6, 6.07) is 7.24. The summed E-state index contributed by atoms with van der Waals surface area (Å²) < 4.78 is 0. The maximum absolute atomic E-state index is 12.4. The summed E-state index contributed by atoms with van der Waals surface area (Å²) >= 11 is 0. The van der Waals surface area contributed by atoms with E-state index in [0.29, 0.717) is 11.6 Å². The standard InChI is InChI=1S/C17H22N4O3.ClH/c1-11-7-14(5-6-18-11)20-16(23)13-4-2-3-12(8-13)10-21-15(22)9-19-17(21)24;/h2-4,8,11,14,18H,5-7,9-10H2,1H3,(H,19,24)(H,20,23);1H. The summed E-state index contributed by atoms with van der Waals surface area (Å²) in [7, 11) is 0. The number of nitrogens with one attached hydrogen (secondary N) is 3. The Kier molecular flexibility index (Phi) is 6.39. The molecule has 2 unspecified atom stereocenters. The van der Waals surface area contributed by atoms with Gasteiger partial charge in [0.25, 0.3) is 5.91 Å². The second-order valence-corrected chi connectivity index (χ2v) is 6.39. The van der Waals surface area contributed by atoms with E-state index in [-0.39, 0.29) is 43.4 Å². The van der Waals surface area contributed by atoms with E-state index in [1.165, 1.54) is 0 Å². The molecule has 136 valence electrons. The number of halogens is 1. The molecule has 7 nitrogen and oxygen atoms in total. The SMILES string of the molecule is CC1CC(NC(=O)c2cccc(CN3C(=O)CNC3=O)c2)CCN1.Cl. The topological polar surface area (TPSA) is 90.5 Å². The molecule has 3 rings (SSSR count). The van der Waals surface area contributed by atoms with E-state index >= 15 is 0 Å². The highest BCUT2D eigenvalue weighted by molar-refractivity contribution is 6.02. The van der Waals surface area contributed by atoms with E-state index in [0.717, 1.165) is 29.8 Å². The van der Waals surface area contributed by atoms with Crippen molar-refractivity contribution >= 4 is 30.3 Å². The van der Waals surface area contributed by atoms with E-state index in [1.54, 1.807) is 18.2 Å². The minimum Gasteiger partial charge on any atom is -0.349 e. The van der Waals surface area contributed by atoms with Gasteiger partial charge < -0.3 is 16.0 Å². The van der Waals surface area contributed by atoms with Gasteiger partial charge in [0.05, 0.1) is 13.1 Å². The van der Waals surface area contributed by atoms with E-state index in [4.69, 9.17) is 0 Å². The van der Waals surface area contributed by atoms with Gasteiger partial charge in [-0.05, 0) is 44.0 Å². The second-order valence-electron chi connectivity index (χ2n) is 6.39. The van der Waals surface area contributed by atoms with Crippen molar-refractivity contribution in [1.82, 2.24) is 20.9 Å². The monoisotopic (exact) mass is 366 g/mol. The molecule has 8 heteroatoms. The molecule has 2 aliphatic rings.